The van der Waals surface area contributed by atoms with Crippen molar-refractivity contribution in [3.8, 4) is 0 Å². The molecule has 1 aromatic rings. The van der Waals surface area contributed by atoms with Gasteiger partial charge in [-0.25, -0.2) is 4.39 Å². The Kier molecular flexibility index (Phi) is 1.75. The van der Waals surface area contributed by atoms with E-state index >= 15 is 0 Å². The third-order valence-electron chi connectivity index (χ3n) is 2.41. The van der Waals surface area contributed by atoms with Crippen LogP contribution in [0.25, 0.3) is 0 Å². The number of fused-ring (bicyclic) bond motifs is 1. The first-order chi connectivity index (χ1) is 5.81. The Balaban J connectivity index is 2.35. The fourth-order valence-electron chi connectivity index (χ4n) is 1.67. The van der Waals surface area contributed by atoms with Crippen LogP contribution in [0.4, 0.5) is 10.1 Å². The minimum Gasteiger partial charge on any atom is -0.379 e. The summed E-state index contributed by atoms with van der Waals surface area (Å²) in [5.74, 6) is -0.122. The molecular formula is C10H12FN. The molecule has 1 aliphatic heterocycles. The predicted molar refractivity (Wildman–Crippen MR) is 47.8 cm³/mol. The minimum atomic E-state index is -0.122. The highest BCUT2D eigenvalue weighted by molar-refractivity contribution is 5.57. The van der Waals surface area contributed by atoms with E-state index < -0.39 is 0 Å². The first-order valence-corrected chi connectivity index (χ1v) is 4.35. The molecule has 64 valence electrons. The molecule has 0 bridgehead atoms. The third-order valence-corrected chi connectivity index (χ3v) is 2.41. The first kappa shape index (κ1) is 7.59. The van der Waals surface area contributed by atoms with Crippen LogP contribution in [0.15, 0.2) is 18.2 Å². The van der Waals surface area contributed by atoms with E-state index in [0.717, 1.165) is 18.4 Å². The lowest BCUT2D eigenvalue weighted by Crippen LogP contribution is -2.13. The Morgan fingerprint density at radius 1 is 1.58 bits per heavy atom. The molecule has 1 nitrogen and oxygen atoms in total. The fourth-order valence-corrected chi connectivity index (χ4v) is 1.67. The Bertz CT molecular complexity index is 296. The normalized spacial score (nSPS) is 20.3. The third kappa shape index (κ3) is 1.07. The second kappa shape index (κ2) is 2.77. The van der Waals surface area contributed by atoms with Crippen molar-refractivity contribution in [3.63, 3.8) is 0 Å². The predicted octanol–water partition coefficient (Wildman–Crippen LogP) is 2.57. The van der Waals surface area contributed by atoms with E-state index in [2.05, 4.69) is 12.2 Å². The summed E-state index contributed by atoms with van der Waals surface area (Å²) >= 11 is 0. The molecule has 1 heterocycles. The monoisotopic (exact) mass is 165 g/mol. The number of halogens is 1. The highest BCUT2D eigenvalue weighted by Gasteiger charge is 2.20. The van der Waals surface area contributed by atoms with Gasteiger partial charge in [-0.05, 0) is 24.5 Å². The van der Waals surface area contributed by atoms with Gasteiger partial charge in [0, 0.05) is 6.04 Å². The van der Waals surface area contributed by atoms with Gasteiger partial charge in [0.2, 0.25) is 0 Å². The molecule has 0 radical (unpaired) electrons. The summed E-state index contributed by atoms with van der Waals surface area (Å²) < 4.78 is 13.1. The standard InChI is InChI=1S/C10H12FN/c1-2-8-6-7-4-3-5-9(11)10(7)12-8/h3-5,8,12H,2,6H2,1H3. The van der Waals surface area contributed by atoms with Crippen molar-refractivity contribution >= 4 is 5.69 Å². The molecule has 1 unspecified atom stereocenters. The van der Waals surface area contributed by atoms with Crippen LogP contribution in [0.3, 0.4) is 0 Å². The topological polar surface area (TPSA) is 12.0 Å². The number of nitrogens with one attached hydrogen (secondary N) is 1. The van der Waals surface area contributed by atoms with E-state index in [1.54, 1.807) is 6.07 Å². The lowest BCUT2D eigenvalue weighted by molar-refractivity contribution is 0.629. The maximum Gasteiger partial charge on any atom is 0.146 e. The molecule has 0 spiro atoms. The van der Waals surface area contributed by atoms with Crippen LogP contribution in [-0.4, -0.2) is 6.04 Å². The molecule has 0 saturated heterocycles. The molecule has 1 atom stereocenters. The van der Waals surface area contributed by atoms with Crippen molar-refractivity contribution in [2.75, 3.05) is 5.32 Å². The summed E-state index contributed by atoms with van der Waals surface area (Å²) in [6.45, 7) is 2.11. The molecule has 1 N–H and O–H groups in total. The largest absolute Gasteiger partial charge is 0.379 e. The van der Waals surface area contributed by atoms with Crippen molar-refractivity contribution in [1.29, 1.82) is 0 Å². The fraction of sp³-hybridized carbons (Fsp3) is 0.400. The van der Waals surface area contributed by atoms with Gasteiger partial charge in [-0.15, -0.1) is 0 Å². The Morgan fingerprint density at radius 2 is 2.42 bits per heavy atom. The molecule has 0 amide bonds. The van der Waals surface area contributed by atoms with Crippen LogP contribution >= 0.6 is 0 Å². The van der Waals surface area contributed by atoms with Gasteiger partial charge in [0.05, 0.1) is 5.69 Å². The molecule has 1 aromatic carbocycles. The van der Waals surface area contributed by atoms with Crippen LogP contribution in [0.5, 0.6) is 0 Å². The Hall–Kier alpha value is -1.05. The summed E-state index contributed by atoms with van der Waals surface area (Å²) in [4.78, 5) is 0. The van der Waals surface area contributed by atoms with E-state index in [1.807, 2.05) is 6.07 Å². The molecule has 0 aromatic heterocycles. The maximum absolute atomic E-state index is 13.1. The SMILES string of the molecule is CCC1Cc2cccc(F)c2N1. The smallest absolute Gasteiger partial charge is 0.146 e. The van der Waals surface area contributed by atoms with Gasteiger partial charge in [-0.1, -0.05) is 19.1 Å². The molecule has 12 heavy (non-hydrogen) atoms. The van der Waals surface area contributed by atoms with E-state index in [4.69, 9.17) is 0 Å². The summed E-state index contributed by atoms with van der Waals surface area (Å²) in [6.07, 6.45) is 2.01. The lowest BCUT2D eigenvalue weighted by atomic mass is 10.1. The van der Waals surface area contributed by atoms with E-state index in [-0.39, 0.29) is 5.82 Å². The van der Waals surface area contributed by atoms with E-state index in [0.29, 0.717) is 11.7 Å². The average Bonchev–Trinajstić information content (AvgIpc) is 2.49. The van der Waals surface area contributed by atoms with Crippen LogP contribution in [0.1, 0.15) is 18.9 Å². The van der Waals surface area contributed by atoms with Crippen molar-refractivity contribution in [2.24, 2.45) is 0 Å². The van der Waals surface area contributed by atoms with Gasteiger partial charge in [0.15, 0.2) is 0 Å². The number of anilines is 1. The molecular weight excluding hydrogens is 153 g/mol. The molecule has 1 aliphatic rings. The highest BCUT2D eigenvalue weighted by Crippen LogP contribution is 2.29. The summed E-state index contributed by atoms with van der Waals surface area (Å²) in [7, 11) is 0. The second-order valence-electron chi connectivity index (χ2n) is 3.23. The molecule has 2 rings (SSSR count). The number of benzene rings is 1. The van der Waals surface area contributed by atoms with Crippen molar-refractivity contribution in [1.82, 2.24) is 0 Å². The van der Waals surface area contributed by atoms with Crippen molar-refractivity contribution in [3.05, 3.63) is 29.6 Å². The second-order valence-corrected chi connectivity index (χ2v) is 3.23. The molecule has 0 fully saturated rings. The number of hydrogen-bond acceptors (Lipinski definition) is 1. The zero-order chi connectivity index (χ0) is 8.55. The molecule has 2 heteroatoms. The van der Waals surface area contributed by atoms with Gasteiger partial charge in [0.1, 0.15) is 5.82 Å². The van der Waals surface area contributed by atoms with Gasteiger partial charge in [-0.2, -0.15) is 0 Å². The number of hydrogen-bond donors (Lipinski definition) is 1. The zero-order valence-electron chi connectivity index (χ0n) is 7.10. The number of rotatable bonds is 1. The van der Waals surface area contributed by atoms with Crippen molar-refractivity contribution < 1.29 is 4.39 Å². The molecule has 0 aliphatic carbocycles. The van der Waals surface area contributed by atoms with Crippen LogP contribution in [0.2, 0.25) is 0 Å². The first-order valence-electron chi connectivity index (χ1n) is 4.35. The van der Waals surface area contributed by atoms with Crippen LogP contribution < -0.4 is 5.32 Å². The van der Waals surface area contributed by atoms with E-state index in [9.17, 15) is 4.39 Å². The summed E-state index contributed by atoms with van der Waals surface area (Å²) in [5, 5.41) is 3.18. The maximum atomic E-state index is 13.1. The zero-order valence-corrected chi connectivity index (χ0v) is 7.10. The lowest BCUT2D eigenvalue weighted by Gasteiger charge is -2.06. The molecule has 0 saturated carbocycles. The Labute approximate surface area is 71.6 Å². The Morgan fingerprint density at radius 3 is 3.08 bits per heavy atom. The summed E-state index contributed by atoms with van der Waals surface area (Å²) in [5.41, 5.74) is 1.83. The van der Waals surface area contributed by atoms with Gasteiger partial charge in [0.25, 0.3) is 0 Å². The highest BCUT2D eigenvalue weighted by atomic mass is 19.1. The van der Waals surface area contributed by atoms with Crippen molar-refractivity contribution in [2.45, 2.75) is 25.8 Å². The van der Waals surface area contributed by atoms with Crippen LogP contribution in [-0.2, 0) is 6.42 Å². The number of para-hydroxylation sites is 1. The minimum absolute atomic E-state index is 0.122. The van der Waals surface area contributed by atoms with Crippen LogP contribution in [0, 0.1) is 5.82 Å². The average molecular weight is 165 g/mol. The van der Waals surface area contributed by atoms with Gasteiger partial charge in [-0.3, -0.25) is 0 Å². The van der Waals surface area contributed by atoms with Gasteiger partial charge >= 0.3 is 0 Å². The summed E-state index contributed by atoms with van der Waals surface area (Å²) in [6, 6.07) is 5.69. The van der Waals surface area contributed by atoms with E-state index in [1.165, 1.54) is 6.07 Å². The van der Waals surface area contributed by atoms with Gasteiger partial charge < -0.3 is 5.32 Å². The quantitative estimate of drug-likeness (QED) is 0.674.